The van der Waals surface area contributed by atoms with E-state index in [9.17, 15) is 0 Å². The Balaban J connectivity index is 2.40. The predicted octanol–water partition coefficient (Wildman–Crippen LogP) is 5.68. The zero-order valence-electron chi connectivity index (χ0n) is 11.2. The second kappa shape index (κ2) is 11.9. The number of rotatable bonds is 0. The van der Waals surface area contributed by atoms with Gasteiger partial charge in [0.2, 0.25) is 0 Å². The Kier molecular flexibility index (Phi) is 9.60. The molecule has 0 amide bonds. The van der Waals surface area contributed by atoms with E-state index in [4.69, 9.17) is 0 Å². The molecule has 96 valence electrons. The average Bonchev–Trinajstić information content (AvgIpc) is 2.39. The molecule has 0 fully saturated rings. The second-order valence-electron chi connectivity index (χ2n) is 4.28. The Bertz CT molecular complexity index is 314. The maximum Gasteiger partial charge on any atom is -0.0169 e. The molecule has 0 aromatic carbocycles. The van der Waals surface area contributed by atoms with Gasteiger partial charge in [0.25, 0.3) is 0 Å². The summed E-state index contributed by atoms with van der Waals surface area (Å²) in [6.07, 6.45) is 33.0. The monoisotopic (exact) mass is 240 g/mol. The molecule has 0 saturated heterocycles. The van der Waals surface area contributed by atoms with Crippen LogP contribution in [0.15, 0.2) is 72.9 Å². The number of hydrogen-bond acceptors (Lipinski definition) is 0. The van der Waals surface area contributed by atoms with Crippen LogP contribution in [0.5, 0.6) is 0 Å². The summed E-state index contributed by atoms with van der Waals surface area (Å²) in [4.78, 5) is 0. The number of allylic oxidation sites excluding steroid dienone is 12. The van der Waals surface area contributed by atoms with Crippen molar-refractivity contribution in [3.63, 3.8) is 0 Å². The molecular weight excluding hydrogens is 216 g/mol. The molecule has 0 spiro atoms. The Morgan fingerprint density at radius 3 is 1.22 bits per heavy atom. The van der Waals surface area contributed by atoms with E-state index >= 15 is 0 Å². The maximum absolute atomic E-state index is 2.26. The molecule has 0 aromatic heterocycles. The summed E-state index contributed by atoms with van der Waals surface area (Å²) >= 11 is 0. The molecule has 1 aliphatic rings. The molecule has 0 saturated carbocycles. The molecule has 0 bridgehead atoms. The van der Waals surface area contributed by atoms with Crippen LogP contribution in [0.2, 0.25) is 0 Å². The highest BCUT2D eigenvalue weighted by molar-refractivity contribution is 5.11. The molecule has 0 N–H and O–H groups in total. The first kappa shape index (κ1) is 14.5. The van der Waals surface area contributed by atoms with Crippen molar-refractivity contribution in [2.75, 3.05) is 0 Å². The largest absolute Gasteiger partial charge is 0.0879 e. The van der Waals surface area contributed by atoms with Gasteiger partial charge in [-0.25, -0.2) is 0 Å². The number of hydrogen-bond donors (Lipinski definition) is 0. The third kappa shape index (κ3) is 9.65. The Hall–Kier alpha value is -1.56. The molecule has 0 heterocycles. The standard InChI is InChI=1S/C18H24/c1-2-4-6-8-10-12-14-16-18-17-15-13-11-9-7-5-3-1/h1-6,11-14,17-18H,7-10,15-16H2/b2-1-,5-3-,6-4-,13-11-,14-12?,18-17-. The van der Waals surface area contributed by atoms with E-state index in [0.29, 0.717) is 0 Å². The fraction of sp³-hybridized carbons (Fsp3) is 0.333. The fourth-order valence-corrected chi connectivity index (χ4v) is 1.64. The summed E-state index contributed by atoms with van der Waals surface area (Å²) in [7, 11) is 0. The zero-order valence-corrected chi connectivity index (χ0v) is 11.2. The van der Waals surface area contributed by atoms with Crippen molar-refractivity contribution < 1.29 is 0 Å². The molecule has 0 aliphatic heterocycles. The minimum absolute atomic E-state index is 1.06. The van der Waals surface area contributed by atoms with Crippen LogP contribution < -0.4 is 0 Å². The van der Waals surface area contributed by atoms with E-state index in [1.54, 1.807) is 0 Å². The van der Waals surface area contributed by atoms with Crippen LogP contribution in [0.25, 0.3) is 0 Å². The summed E-state index contributed by atoms with van der Waals surface area (Å²) in [5, 5.41) is 0. The molecule has 18 heavy (non-hydrogen) atoms. The Labute approximate surface area is 112 Å². The molecule has 1 rings (SSSR count). The molecule has 0 radical (unpaired) electrons. The normalized spacial score (nSPS) is 27.6. The molecule has 0 aromatic rings. The van der Waals surface area contributed by atoms with Crippen LogP contribution in [0.4, 0.5) is 0 Å². The van der Waals surface area contributed by atoms with Crippen LogP contribution in [-0.2, 0) is 0 Å². The van der Waals surface area contributed by atoms with Crippen LogP contribution in [0, 0.1) is 0 Å². The lowest BCUT2D eigenvalue weighted by molar-refractivity contribution is 1.04. The maximum atomic E-state index is 2.26. The van der Waals surface area contributed by atoms with Gasteiger partial charge in [0.05, 0.1) is 0 Å². The van der Waals surface area contributed by atoms with E-state index in [1.165, 1.54) is 0 Å². The Morgan fingerprint density at radius 2 is 0.722 bits per heavy atom. The molecule has 0 nitrogen and oxygen atoms in total. The topological polar surface area (TPSA) is 0 Å². The van der Waals surface area contributed by atoms with Gasteiger partial charge in [-0.2, -0.15) is 0 Å². The molecule has 0 atom stereocenters. The molecular formula is C18H24. The SMILES string of the molecule is C1=CCC\C=C/C=C\C=C/CC/C=C\C/C=C\C1. The zero-order chi connectivity index (χ0) is 12.7. The van der Waals surface area contributed by atoms with E-state index < -0.39 is 0 Å². The average molecular weight is 240 g/mol. The van der Waals surface area contributed by atoms with E-state index in [1.807, 2.05) is 0 Å². The van der Waals surface area contributed by atoms with Gasteiger partial charge >= 0.3 is 0 Å². The highest BCUT2D eigenvalue weighted by atomic mass is 13.8. The van der Waals surface area contributed by atoms with Crippen molar-refractivity contribution in [2.24, 2.45) is 0 Å². The smallest absolute Gasteiger partial charge is 0.0169 e. The van der Waals surface area contributed by atoms with E-state index in [0.717, 1.165) is 38.5 Å². The van der Waals surface area contributed by atoms with Crippen LogP contribution in [-0.4, -0.2) is 0 Å². The van der Waals surface area contributed by atoms with Gasteiger partial charge in [-0.15, -0.1) is 0 Å². The highest BCUT2D eigenvalue weighted by Gasteiger charge is 1.78. The fourth-order valence-electron chi connectivity index (χ4n) is 1.64. The van der Waals surface area contributed by atoms with Gasteiger partial charge in [0.15, 0.2) is 0 Å². The highest BCUT2D eigenvalue weighted by Crippen LogP contribution is 1.99. The van der Waals surface area contributed by atoms with Gasteiger partial charge in [0, 0.05) is 0 Å². The van der Waals surface area contributed by atoms with Crippen LogP contribution >= 0.6 is 0 Å². The van der Waals surface area contributed by atoms with Crippen molar-refractivity contribution in [2.45, 2.75) is 38.5 Å². The van der Waals surface area contributed by atoms with E-state index in [2.05, 4.69) is 72.9 Å². The molecule has 1 aliphatic carbocycles. The van der Waals surface area contributed by atoms with Gasteiger partial charge in [-0.1, -0.05) is 72.9 Å². The minimum Gasteiger partial charge on any atom is -0.0879 e. The molecule has 0 unspecified atom stereocenters. The van der Waals surface area contributed by atoms with Gasteiger partial charge in [0.1, 0.15) is 0 Å². The van der Waals surface area contributed by atoms with Gasteiger partial charge in [-0.3, -0.25) is 0 Å². The van der Waals surface area contributed by atoms with Crippen molar-refractivity contribution >= 4 is 0 Å². The Morgan fingerprint density at radius 1 is 0.333 bits per heavy atom. The molecule has 0 heteroatoms. The predicted molar refractivity (Wildman–Crippen MR) is 82.5 cm³/mol. The van der Waals surface area contributed by atoms with Crippen molar-refractivity contribution in [3.8, 4) is 0 Å². The summed E-state index contributed by atoms with van der Waals surface area (Å²) in [5.74, 6) is 0. The van der Waals surface area contributed by atoms with Crippen molar-refractivity contribution in [1.29, 1.82) is 0 Å². The first-order valence-electron chi connectivity index (χ1n) is 6.93. The third-order valence-corrected chi connectivity index (χ3v) is 2.65. The van der Waals surface area contributed by atoms with Gasteiger partial charge < -0.3 is 0 Å². The van der Waals surface area contributed by atoms with Crippen LogP contribution in [0.3, 0.4) is 0 Å². The van der Waals surface area contributed by atoms with Crippen molar-refractivity contribution in [1.82, 2.24) is 0 Å². The van der Waals surface area contributed by atoms with Gasteiger partial charge in [-0.05, 0) is 38.5 Å². The summed E-state index contributed by atoms with van der Waals surface area (Å²) in [6, 6.07) is 0. The first-order chi connectivity index (χ1) is 9.00. The van der Waals surface area contributed by atoms with E-state index in [-0.39, 0.29) is 0 Å². The lowest BCUT2D eigenvalue weighted by Crippen LogP contribution is -1.67. The lowest BCUT2D eigenvalue weighted by Gasteiger charge is -1.88. The second-order valence-corrected chi connectivity index (χ2v) is 4.28. The van der Waals surface area contributed by atoms with Crippen LogP contribution in [0.1, 0.15) is 38.5 Å². The minimum atomic E-state index is 1.06. The first-order valence-corrected chi connectivity index (χ1v) is 6.93. The summed E-state index contributed by atoms with van der Waals surface area (Å²) in [6.45, 7) is 0. The summed E-state index contributed by atoms with van der Waals surface area (Å²) in [5.41, 5.74) is 0. The lowest BCUT2D eigenvalue weighted by atomic mass is 10.2. The third-order valence-electron chi connectivity index (χ3n) is 2.65. The van der Waals surface area contributed by atoms with Crippen molar-refractivity contribution in [3.05, 3.63) is 72.9 Å². The quantitative estimate of drug-likeness (QED) is 0.478. The summed E-state index contributed by atoms with van der Waals surface area (Å²) < 4.78 is 0.